The normalized spacial score (nSPS) is 56.4. The highest BCUT2D eigenvalue weighted by molar-refractivity contribution is 5.23. The Hall–Kier alpha value is -0.300. The molecule has 4 rings (SSSR count). The van der Waals surface area contributed by atoms with E-state index in [1.165, 1.54) is 57.8 Å². The summed E-state index contributed by atoms with van der Waals surface area (Å²) < 4.78 is 0. The van der Waals surface area contributed by atoms with E-state index in [-0.39, 0.29) is 0 Å². The summed E-state index contributed by atoms with van der Waals surface area (Å²) in [5, 5.41) is 0. The second-order valence-corrected chi connectivity index (χ2v) is 9.50. The molecule has 4 aliphatic carbocycles. The molecule has 0 aromatic carbocycles. The second kappa shape index (κ2) is 5.10. The average molecular weight is 302 g/mol. The Bertz CT molecular complexity index is 480. The first kappa shape index (κ1) is 15.2. The number of rotatable bonds is 0. The van der Waals surface area contributed by atoms with Crippen LogP contribution in [0.2, 0.25) is 0 Å². The number of hydrogen-bond acceptors (Lipinski definition) is 1. The monoisotopic (exact) mass is 301 g/mol. The molecule has 0 saturated heterocycles. The van der Waals surface area contributed by atoms with Gasteiger partial charge in [-0.2, -0.15) is 0 Å². The quantitative estimate of drug-likeness (QED) is 0.603. The number of allylic oxidation sites excluding steroid dienone is 2. The van der Waals surface area contributed by atoms with Crippen LogP contribution in [0.25, 0.3) is 0 Å². The second-order valence-electron chi connectivity index (χ2n) is 9.50. The molecule has 0 aromatic heterocycles. The molecule has 0 heterocycles. The van der Waals surface area contributed by atoms with E-state index < -0.39 is 0 Å². The Morgan fingerprint density at radius 2 is 1.82 bits per heavy atom. The lowest BCUT2D eigenvalue weighted by Crippen LogP contribution is -2.54. The van der Waals surface area contributed by atoms with Crippen LogP contribution in [0.3, 0.4) is 0 Å². The fraction of sp³-hybridized carbons (Fsp3) is 0.905. The van der Waals surface area contributed by atoms with Crippen LogP contribution in [-0.4, -0.2) is 6.04 Å². The molecule has 124 valence electrons. The van der Waals surface area contributed by atoms with Gasteiger partial charge in [-0.3, -0.25) is 0 Å². The van der Waals surface area contributed by atoms with Crippen LogP contribution < -0.4 is 5.73 Å². The molecule has 4 aliphatic rings. The summed E-state index contributed by atoms with van der Waals surface area (Å²) in [7, 11) is 0. The maximum Gasteiger partial charge on any atom is 0.00418 e. The van der Waals surface area contributed by atoms with Crippen molar-refractivity contribution in [1.82, 2.24) is 0 Å². The maximum atomic E-state index is 6.30. The Labute approximate surface area is 137 Å². The largest absolute Gasteiger partial charge is 0.328 e. The number of fused-ring (bicyclic) bond motifs is 5. The van der Waals surface area contributed by atoms with Gasteiger partial charge in [-0.05, 0) is 99.2 Å². The fourth-order valence-electron chi connectivity index (χ4n) is 7.61. The van der Waals surface area contributed by atoms with Gasteiger partial charge in [0.25, 0.3) is 0 Å². The van der Waals surface area contributed by atoms with E-state index in [1.54, 1.807) is 5.57 Å². The van der Waals surface area contributed by atoms with Gasteiger partial charge in [0.05, 0.1) is 0 Å². The van der Waals surface area contributed by atoms with Gasteiger partial charge >= 0.3 is 0 Å². The fourth-order valence-corrected chi connectivity index (χ4v) is 7.61. The van der Waals surface area contributed by atoms with E-state index >= 15 is 0 Å². The van der Waals surface area contributed by atoms with Gasteiger partial charge in [-0.15, -0.1) is 0 Å². The first-order valence-electron chi connectivity index (χ1n) is 9.90. The lowest BCUT2D eigenvalue weighted by atomic mass is 9.45. The molecule has 7 atom stereocenters. The summed E-state index contributed by atoms with van der Waals surface area (Å²) in [5.41, 5.74) is 9.25. The predicted molar refractivity (Wildman–Crippen MR) is 93.5 cm³/mol. The van der Waals surface area contributed by atoms with E-state index in [0.717, 1.165) is 23.7 Å². The lowest BCUT2D eigenvalue weighted by molar-refractivity contribution is -0.0999. The average Bonchev–Trinajstić information content (AvgIpc) is 2.84. The van der Waals surface area contributed by atoms with Gasteiger partial charge in [0.1, 0.15) is 0 Å². The summed E-state index contributed by atoms with van der Waals surface area (Å²) in [6.07, 6.45) is 15.2. The van der Waals surface area contributed by atoms with E-state index in [2.05, 4.69) is 26.8 Å². The summed E-state index contributed by atoms with van der Waals surface area (Å²) in [6, 6.07) is 0.490. The first-order chi connectivity index (χ1) is 10.5. The highest BCUT2D eigenvalue weighted by Gasteiger charge is 2.58. The molecular formula is C21H35N. The van der Waals surface area contributed by atoms with Crippen LogP contribution in [0.5, 0.6) is 0 Å². The van der Waals surface area contributed by atoms with Crippen molar-refractivity contribution in [1.29, 1.82) is 0 Å². The molecule has 0 bridgehead atoms. The molecule has 4 fully saturated rings. The number of hydrogen-bond donors (Lipinski definition) is 1. The van der Waals surface area contributed by atoms with Crippen molar-refractivity contribution in [2.24, 2.45) is 40.2 Å². The van der Waals surface area contributed by atoms with E-state index in [4.69, 9.17) is 5.73 Å². The molecule has 0 aromatic rings. The Morgan fingerprint density at radius 3 is 2.59 bits per heavy atom. The predicted octanol–water partition coefficient (Wildman–Crippen LogP) is 5.30. The third kappa shape index (κ3) is 1.93. The van der Waals surface area contributed by atoms with E-state index in [0.29, 0.717) is 16.9 Å². The van der Waals surface area contributed by atoms with Gasteiger partial charge < -0.3 is 5.73 Å². The first-order valence-corrected chi connectivity index (χ1v) is 9.90. The van der Waals surface area contributed by atoms with Crippen molar-refractivity contribution in [3.8, 4) is 0 Å². The summed E-state index contributed by atoms with van der Waals surface area (Å²) in [5.74, 6) is 3.90. The van der Waals surface area contributed by atoms with Gasteiger partial charge in [0.2, 0.25) is 0 Å². The maximum absolute atomic E-state index is 6.30. The molecule has 4 saturated carbocycles. The lowest BCUT2D eigenvalue weighted by Gasteiger charge is -2.60. The molecule has 0 aliphatic heterocycles. The van der Waals surface area contributed by atoms with Crippen LogP contribution >= 0.6 is 0 Å². The van der Waals surface area contributed by atoms with Gasteiger partial charge in [-0.25, -0.2) is 0 Å². The van der Waals surface area contributed by atoms with Crippen LogP contribution in [0.4, 0.5) is 0 Å². The third-order valence-electron chi connectivity index (χ3n) is 8.90. The van der Waals surface area contributed by atoms with Crippen molar-refractivity contribution in [2.45, 2.75) is 84.6 Å². The molecule has 22 heavy (non-hydrogen) atoms. The van der Waals surface area contributed by atoms with Crippen molar-refractivity contribution < 1.29 is 0 Å². The van der Waals surface area contributed by atoms with Gasteiger partial charge in [-0.1, -0.05) is 25.5 Å². The van der Waals surface area contributed by atoms with Crippen molar-refractivity contribution in [3.05, 3.63) is 11.6 Å². The zero-order valence-corrected chi connectivity index (χ0v) is 14.9. The zero-order valence-electron chi connectivity index (χ0n) is 14.9. The van der Waals surface area contributed by atoms with Crippen LogP contribution in [0.1, 0.15) is 78.6 Å². The molecule has 2 N–H and O–H groups in total. The number of nitrogens with two attached hydrogens (primary N) is 1. The Morgan fingerprint density at radius 1 is 1.00 bits per heavy atom. The van der Waals surface area contributed by atoms with Crippen molar-refractivity contribution in [2.75, 3.05) is 0 Å². The topological polar surface area (TPSA) is 26.0 Å². The van der Waals surface area contributed by atoms with Gasteiger partial charge in [0.15, 0.2) is 0 Å². The zero-order chi connectivity index (χ0) is 15.5. The minimum absolute atomic E-state index is 0.490. The molecule has 0 radical (unpaired) electrons. The minimum atomic E-state index is 0.490. The molecule has 1 nitrogen and oxygen atoms in total. The minimum Gasteiger partial charge on any atom is -0.328 e. The summed E-state index contributed by atoms with van der Waals surface area (Å²) in [4.78, 5) is 0. The highest BCUT2D eigenvalue weighted by Crippen LogP contribution is 2.67. The van der Waals surface area contributed by atoms with Crippen LogP contribution in [0.15, 0.2) is 11.6 Å². The molecular weight excluding hydrogens is 266 g/mol. The SMILES string of the molecule is C/C=C1/CC[C@H]2[C@@H]3CCC4C[C@@H](N)CC[C@]4(C)[C@H]3CC[C@]12C. The van der Waals surface area contributed by atoms with E-state index in [9.17, 15) is 0 Å². The van der Waals surface area contributed by atoms with Gasteiger partial charge in [0, 0.05) is 6.04 Å². The van der Waals surface area contributed by atoms with Crippen molar-refractivity contribution in [3.63, 3.8) is 0 Å². The highest BCUT2D eigenvalue weighted by atomic mass is 14.7. The smallest absolute Gasteiger partial charge is 0.00418 e. The summed E-state index contributed by atoms with van der Waals surface area (Å²) >= 11 is 0. The standard InChI is InChI=1S/C21H35N/c1-4-14-6-8-18-17-7-5-15-13-16(22)9-11-21(15,3)19(17)10-12-20(14,18)2/h4,15-19H,5-13,22H2,1-3H3/b14-4-/t15?,16-,17-,18-,19-,20+,21-/m0/s1. The van der Waals surface area contributed by atoms with Crippen LogP contribution in [-0.2, 0) is 0 Å². The van der Waals surface area contributed by atoms with Crippen LogP contribution in [0, 0.1) is 34.5 Å². The van der Waals surface area contributed by atoms with Crippen molar-refractivity contribution >= 4 is 0 Å². The Kier molecular flexibility index (Phi) is 3.53. The molecule has 1 heteroatoms. The molecule has 0 spiro atoms. The van der Waals surface area contributed by atoms with E-state index in [1.807, 2.05) is 0 Å². The third-order valence-corrected chi connectivity index (χ3v) is 8.90. The Balaban J connectivity index is 1.63. The molecule has 1 unspecified atom stereocenters. The summed E-state index contributed by atoms with van der Waals surface area (Å²) in [6.45, 7) is 7.52. The molecule has 0 amide bonds.